The van der Waals surface area contributed by atoms with E-state index in [1.165, 1.54) is 12.1 Å². The molecule has 0 aromatic heterocycles. The van der Waals surface area contributed by atoms with Crippen molar-refractivity contribution in [1.82, 2.24) is 0 Å². The van der Waals surface area contributed by atoms with E-state index in [-0.39, 0.29) is 23.0 Å². The topological polar surface area (TPSA) is 95.1 Å². The minimum atomic E-state index is -0.535. The molecule has 0 fully saturated rings. The minimum absolute atomic E-state index is 0.0919. The number of rotatable bonds is 7. The normalized spacial score (nSPS) is 10.5. The van der Waals surface area contributed by atoms with Crippen molar-refractivity contribution in [2.75, 3.05) is 18.5 Å². The molecular weight excluding hydrogens is 378 g/mol. The molecule has 0 aliphatic carbocycles. The number of hydrogen-bond acceptors (Lipinski definition) is 5. The van der Waals surface area contributed by atoms with E-state index in [0.717, 1.165) is 5.56 Å². The molecule has 2 aromatic rings. The summed E-state index contributed by atoms with van der Waals surface area (Å²) < 4.78 is 10.8. The molecule has 28 heavy (non-hydrogen) atoms. The van der Waals surface area contributed by atoms with Crippen molar-refractivity contribution in [3.05, 3.63) is 58.1 Å². The van der Waals surface area contributed by atoms with Crippen molar-refractivity contribution in [2.24, 2.45) is 0 Å². The summed E-state index contributed by atoms with van der Waals surface area (Å²) in [5, 5.41) is 21.0. The third-order valence-electron chi connectivity index (χ3n) is 3.56. The first-order valence-electron chi connectivity index (χ1n) is 8.44. The Morgan fingerprint density at radius 1 is 1.25 bits per heavy atom. The van der Waals surface area contributed by atoms with Crippen molar-refractivity contribution < 1.29 is 14.3 Å². The molecule has 0 aliphatic rings. The lowest BCUT2D eigenvalue weighted by atomic mass is 10.1. The third-order valence-corrected chi connectivity index (χ3v) is 3.85. The summed E-state index contributed by atoms with van der Waals surface area (Å²) in [4.78, 5) is 12.4. The van der Waals surface area contributed by atoms with Gasteiger partial charge < -0.3 is 14.8 Å². The van der Waals surface area contributed by atoms with Crippen LogP contribution in [0.5, 0.6) is 11.5 Å². The summed E-state index contributed by atoms with van der Waals surface area (Å²) in [5.74, 6) is 0.0322. The fourth-order valence-electron chi connectivity index (χ4n) is 2.42. The van der Waals surface area contributed by atoms with Crippen LogP contribution in [-0.2, 0) is 4.79 Å². The molecule has 0 bridgehead atoms. The number of nitrogens with zero attached hydrogens (tertiary/aromatic N) is 2. The average Bonchev–Trinajstić information content (AvgIpc) is 2.65. The largest absolute Gasteiger partial charge is 0.490 e. The number of nitrogens with one attached hydrogen (secondary N) is 1. The van der Waals surface area contributed by atoms with Gasteiger partial charge in [0, 0.05) is 5.69 Å². The molecule has 0 atom stereocenters. The molecule has 0 saturated carbocycles. The van der Waals surface area contributed by atoms with E-state index < -0.39 is 5.91 Å². The molecule has 0 aliphatic heterocycles. The zero-order valence-electron chi connectivity index (χ0n) is 15.5. The van der Waals surface area contributed by atoms with Crippen LogP contribution in [0.1, 0.15) is 18.1 Å². The maximum atomic E-state index is 12.4. The predicted octanol–water partition coefficient (Wildman–Crippen LogP) is 4.50. The van der Waals surface area contributed by atoms with Crippen LogP contribution in [0.25, 0.3) is 6.08 Å². The van der Waals surface area contributed by atoms with E-state index in [1.54, 1.807) is 25.1 Å². The molecule has 7 heteroatoms. The number of aryl methyl sites for hydroxylation is 1. The maximum absolute atomic E-state index is 12.4. The van der Waals surface area contributed by atoms with Gasteiger partial charge in [-0.25, -0.2) is 0 Å². The number of ether oxygens (including phenoxy) is 2. The second kappa shape index (κ2) is 10.0. The Kier molecular flexibility index (Phi) is 7.45. The van der Waals surface area contributed by atoms with Gasteiger partial charge in [0.05, 0.1) is 11.6 Å². The summed E-state index contributed by atoms with van der Waals surface area (Å²) >= 11 is 6.23. The molecule has 0 unspecified atom stereocenters. The molecule has 1 N–H and O–H groups in total. The highest BCUT2D eigenvalue weighted by Crippen LogP contribution is 2.37. The van der Waals surface area contributed by atoms with Crippen molar-refractivity contribution in [1.29, 1.82) is 10.5 Å². The van der Waals surface area contributed by atoms with Crippen molar-refractivity contribution in [2.45, 2.75) is 13.8 Å². The van der Waals surface area contributed by atoms with Gasteiger partial charge in [-0.15, -0.1) is 0 Å². The van der Waals surface area contributed by atoms with Gasteiger partial charge >= 0.3 is 0 Å². The lowest BCUT2D eigenvalue weighted by Crippen LogP contribution is -2.13. The van der Waals surface area contributed by atoms with Crippen molar-refractivity contribution in [3.63, 3.8) is 0 Å². The monoisotopic (exact) mass is 395 g/mol. The van der Waals surface area contributed by atoms with E-state index in [1.807, 2.05) is 31.2 Å². The van der Waals surface area contributed by atoms with E-state index >= 15 is 0 Å². The molecule has 2 rings (SSSR count). The summed E-state index contributed by atoms with van der Waals surface area (Å²) in [5.41, 5.74) is 1.99. The van der Waals surface area contributed by atoms with Crippen LogP contribution >= 0.6 is 11.6 Å². The van der Waals surface area contributed by atoms with Gasteiger partial charge in [0.15, 0.2) is 18.1 Å². The summed E-state index contributed by atoms with van der Waals surface area (Å²) in [6.45, 7) is 3.87. The van der Waals surface area contributed by atoms with Crippen molar-refractivity contribution in [3.8, 4) is 23.6 Å². The Hall–Kier alpha value is -3.48. The molecule has 142 valence electrons. The fourth-order valence-corrected chi connectivity index (χ4v) is 2.69. The molecule has 0 spiro atoms. The van der Waals surface area contributed by atoms with E-state index in [4.69, 9.17) is 26.3 Å². The van der Waals surface area contributed by atoms with Crippen LogP contribution in [0.2, 0.25) is 5.02 Å². The summed E-state index contributed by atoms with van der Waals surface area (Å²) in [7, 11) is 0. The van der Waals surface area contributed by atoms with Gasteiger partial charge in [0.2, 0.25) is 0 Å². The standard InChI is InChI=1S/C21H18ClN3O3/c1-3-27-19-12-15(11-18(22)20(19)28-8-7-23)10-16(13-24)21(26)25-17-6-4-5-14(2)9-17/h4-6,9-12H,3,8H2,1-2H3,(H,25,26)/b16-10+. The fraction of sp³-hybridized carbons (Fsp3) is 0.190. The first kappa shape index (κ1) is 20.8. The molecule has 2 aromatic carbocycles. The van der Waals surface area contributed by atoms with Crippen molar-refractivity contribution >= 4 is 29.3 Å². The first-order valence-corrected chi connectivity index (χ1v) is 8.82. The smallest absolute Gasteiger partial charge is 0.266 e. The second-order valence-electron chi connectivity index (χ2n) is 5.70. The number of benzene rings is 2. The number of anilines is 1. The zero-order chi connectivity index (χ0) is 20.5. The minimum Gasteiger partial charge on any atom is -0.490 e. The van der Waals surface area contributed by atoms with Crippen LogP contribution < -0.4 is 14.8 Å². The Morgan fingerprint density at radius 3 is 2.68 bits per heavy atom. The molecule has 0 saturated heterocycles. The van der Waals surface area contributed by atoms with Gasteiger partial charge in [-0.1, -0.05) is 23.7 Å². The van der Waals surface area contributed by atoms with Gasteiger partial charge in [-0.3, -0.25) is 4.79 Å². The van der Waals surface area contributed by atoms with E-state index in [9.17, 15) is 10.1 Å². The molecule has 1 amide bonds. The SMILES string of the molecule is CCOc1cc(/C=C(\C#N)C(=O)Nc2cccc(C)c2)cc(Cl)c1OCC#N. The predicted molar refractivity (Wildman–Crippen MR) is 107 cm³/mol. The number of nitriles is 2. The number of carbonyl (C=O) groups is 1. The first-order chi connectivity index (χ1) is 13.5. The average molecular weight is 396 g/mol. The second-order valence-corrected chi connectivity index (χ2v) is 6.11. The van der Waals surface area contributed by atoms with Gasteiger partial charge in [-0.05, 0) is 55.3 Å². The zero-order valence-corrected chi connectivity index (χ0v) is 16.2. The number of hydrogen-bond donors (Lipinski definition) is 1. The highest BCUT2D eigenvalue weighted by atomic mass is 35.5. The quantitative estimate of drug-likeness (QED) is 0.550. The molecule has 6 nitrogen and oxygen atoms in total. The number of carbonyl (C=O) groups excluding carboxylic acids is 1. The van der Waals surface area contributed by atoms with E-state index in [0.29, 0.717) is 23.6 Å². The summed E-state index contributed by atoms with van der Waals surface area (Å²) in [6, 6.07) is 14.2. The van der Waals surface area contributed by atoms with Gasteiger partial charge in [0.1, 0.15) is 17.7 Å². The molecule has 0 heterocycles. The number of amides is 1. The summed E-state index contributed by atoms with van der Waals surface area (Å²) in [6.07, 6.45) is 1.41. The van der Waals surface area contributed by atoms with Crippen LogP contribution in [0.4, 0.5) is 5.69 Å². The Labute approximate surface area is 168 Å². The van der Waals surface area contributed by atoms with Crippen LogP contribution in [0.15, 0.2) is 42.0 Å². The Balaban J connectivity index is 2.33. The van der Waals surface area contributed by atoms with Gasteiger partial charge in [0.25, 0.3) is 5.91 Å². The Morgan fingerprint density at radius 2 is 2.04 bits per heavy atom. The lowest BCUT2D eigenvalue weighted by Gasteiger charge is -2.13. The highest BCUT2D eigenvalue weighted by Gasteiger charge is 2.14. The lowest BCUT2D eigenvalue weighted by molar-refractivity contribution is -0.112. The number of halogens is 1. The Bertz CT molecular complexity index is 987. The third kappa shape index (κ3) is 5.51. The van der Waals surface area contributed by atoms with Gasteiger partial charge in [-0.2, -0.15) is 10.5 Å². The van der Waals surface area contributed by atoms with Crippen LogP contribution in [-0.4, -0.2) is 19.1 Å². The van der Waals surface area contributed by atoms with Crippen LogP contribution in [0.3, 0.4) is 0 Å². The highest BCUT2D eigenvalue weighted by molar-refractivity contribution is 6.32. The van der Waals surface area contributed by atoms with Crippen LogP contribution in [0, 0.1) is 29.6 Å². The molecule has 0 radical (unpaired) electrons. The molecular formula is C21H18ClN3O3. The van der Waals surface area contributed by atoms with E-state index in [2.05, 4.69) is 5.32 Å². The maximum Gasteiger partial charge on any atom is 0.266 e.